The average Bonchev–Trinajstić information content (AvgIpc) is 3.00. The van der Waals surface area contributed by atoms with Crippen LogP contribution in [0.1, 0.15) is 22.1 Å². The number of aryl methyl sites for hydroxylation is 1. The fourth-order valence-electron chi connectivity index (χ4n) is 3.08. The van der Waals surface area contributed by atoms with E-state index in [-0.39, 0.29) is 11.9 Å². The van der Waals surface area contributed by atoms with E-state index in [4.69, 9.17) is 4.74 Å². The summed E-state index contributed by atoms with van der Waals surface area (Å²) in [5.74, 6) is 0.886. The van der Waals surface area contributed by atoms with Crippen LogP contribution in [0.4, 0.5) is 0 Å². The molecule has 0 aliphatic carbocycles. The van der Waals surface area contributed by atoms with Crippen LogP contribution >= 0.6 is 0 Å². The van der Waals surface area contributed by atoms with Gasteiger partial charge in [0.2, 0.25) is 0 Å². The number of nitrogens with zero attached hydrogens (tertiary/aromatic N) is 4. The van der Waals surface area contributed by atoms with Gasteiger partial charge in [-0.3, -0.25) is 14.4 Å². The zero-order valence-corrected chi connectivity index (χ0v) is 13.8. The quantitative estimate of drug-likeness (QED) is 0.863. The first-order valence-corrected chi connectivity index (χ1v) is 7.72. The Kier molecular flexibility index (Phi) is 4.34. The second-order valence-corrected chi connectivity index (χ2v) is 5.83. The van der Waals surface area contributed by atoms with Gasteiger partial charge in [0, 0.05) is 38.4 Å². The van der Waals surface area contributed by atoms with Gasteiger partial charge in [-0.25, -0.2) is 0 Å². The smallest absolute Gasteiger partial charge is 0.272 e. The summed E-state index contributed by atoms with van der Waals surface area (Å²) in [6.07, 6.45) is 1.65. The highest BCUT2D eigenvalue weighted by Gasteiger charge is 2.31. The number of carbonyl (C=O) groups excluding carboxylic acids is 1. The first-order chi connectivity index (χ1) is 11.1. The van der Waals surface area contributed by atoms with Crippen LogP contribution in [0.5, 0.6) is 5.75 Å². The topological polar surface area (TPSA) is 50.6 Å². The van der Waals surface area contributed by atoms with Gasteiger partial charge in [-0.05, 0) is 19.2 Å². The molecular weight excluding hydrogens is 292 g/mol. The van der Waals surface area contributed by atoms with E-state index < -0.39 is 0 Å². The number of benzene rings is 1. The molecule has 3 rings (SSSR count). The summed E-state index contributed by atoms with van der Waals surface area (Å²) in [6, 6.07) is 9.89. The summed E-state index contributed by atoms with van der Waals surface area (Å²) in [5, 5.41) is 4.09. The number of hydrogen-bond acceptors (Lipinski definition) is 4. The second kappa shape index (κ2) is 6.42. The van der Waals surface area contributed by atoms with Crippen molar-refractivity contribution in [1.29, 1.82) is 0 Å². The van der Waals surface area contributed by atoms with Crippen LogP contribution in [0, 0.1) is 0 Å². The fourth-order valence-corrected chi connectivity index (χ4v) is 3.08. The summed E-state index contributed by atoms with van der Waals surface area (Å²) < 4.78 is 7.11. The highest BCUT2D eigenvalue weighted by Crippen LogP contribution is 2.31. The Labute approximate surface area is 136 Å². The average molecular weight is 314 g/mol. The SMILES string of the molecule is COc1ccccc1[C@@H]1CN(C(=O)c2ccnn2C)CCN1C. The van der Waals surface area contributed by atoms with Crippen molar-refractivity contribution < 1.29 is 9.53 Å². The second-order valence-electron chi connectivity index (χ2n) is 5.83. The molecule has 6 nitrogen and oxygen atoms in total. The Morgan fingerprint density at radius 1 is 1.22 bits per heavy atom. The van der Waals surface area contributed by atoms with E-state index in [1.807, 2.05) is 23.1 Å². The Bertz CT molecular complexity index is 697. The minimum Gasteiger partial charge on any atom is -0.496 e. The van der Waals surface area contributed by atoms with Crippen LogP contribution in [-0.4, -0.2) is 59.3 Å². The lowest BCUT2D eigenvalue weighted by Crippen LogP contribution is -2.49. The van der Waals surface area contributed by atoms with Crippen LogP contribution in [-0.2, 0) is 7.05 Å². The first kappa shape index (κ1) is 15.6. The third-order valence-electron chi connectivity index (χ3n) is 4.47. The summed E-state index contributed by atoms with van der Waals surface area (Å²) in [6.45, 7) is 2.18. The van der Waals surface area contributed by atoms with Crippen LogP contribution in [0.15, 0.2) is 36.5 Å². The maximum Gasteiger partial charge on any atom is 0.272 e. The molecular formula is C17H22N4O2. The van der Waals surface area contributed by atoms with Crippen LogP contribution in [0.3, 0.4) is 0 Å². The highest BCUT2D eigenvalue weighted by molar-refractivity contribution is 5.92. The molecule has 2 heterocycles. The zero-order chi connectivity index (χ0) is 16.4. The molecule has 0 spiro atoms. The molecule has 1 aliphatic heterocycles. The van der Waals surface area contributed by atoms with Crippen molar-refractivity contribution >= 4 is 5.91 Å². The predicted molar refractivity (Wildman–Crippen MR) is 87.5 cm³/mol. The number of carbonyl (C=O) groups is 1. The van der Waals surface area contributed by atoms with Crippen LogP contribution in [0.25, 0.3) is 0 Å². The molecule has 122 valence electrons. The summed E-state index contributed by atoms with van der Waals surface area (Å²) in [4.78, 5) is 16.9. The van der Waals surface area contributed by atoms with Crippen LogP contribution in [0.2, 0.25) is 0 Å². The van der Waals surface area contributed by atoms with Gasteiger partial charge in [0.25, 0.3) is 5.91 Å². The van der Waals surface area contributed by atoms with E-state index in [1.165, 1.54) is 0 Å². The number of aromatic nitrogens is 2. The Balaban J connectivity index is 1.85. The number of ether oxygens (including phenoxy) is 1. The lowest BCUT2D eigenvalue weighted by atomic mass is 10.0. The van der Waals surface area contributed by atoms with E-state index in [9.17, 15) is 4.79 Å². The number of methoxy groups -OCH3 is 1. The Morgan fingerprint density at radius 3 is 2.70 bits per heavy atom. The molecule has 6 heteroatoms. The minimum absolute atomic E-state index is 0.0259. The van der Waals surface area contributed by atoms with Crippen molar-refractivity contribution in [3.05, 3.63) is 47.8 Å². The van der Waals surface area contributed by atoms with E-state index >= 15 is 0 Å². The summed E-state index contributed by atoms with van der Waals surface area (Å²) >= 11 is 0. The third-order valence-corrected chi connectivity index (χ3v) is 4.47. The number of para-hydroxylation sites is 1. The van der Waals surface area contributed by atoms with Gasteiger partial charge in [-0.2, -0.15) is 5.10 Å². The maximum atomic E-state index is 12.7. The molecule has 1 fully saturated rings. The van der Waals surface area contributed by atoms with E-state index in [1.54, 1.807) is 31.1 Å². The first-order valence-electron chi connectivity index (χ1n) is 7.72. The molecule has 1 atom stereocenters. The lowest BCUT2D eigenvalue weighted by molar-refractivity contribution is 0.0532. The van der Waals surface area contributed by atoms with Gasteiger partial charge in [0.1, 0.15) is 11.4 Å². The molecule has 1 aromatic carbocycles. The number of piperazine rings is 1. The molecule has 1 aromatic heterocycles. The molecule has 1 aliphatic rings. The zero-order valence-electron chi connectivity index (χ0n) is 13.8. The number of amides is 1. The highest BCUT2D eigenvalue weighted by atomic mass is 16.5. The van der Waals surface area contributed by atoms with Gasteiger partial charge in [0.15, 0.2) is 0 Å². The van der Waals surface area contributed by atoms with Crippen molar-refractivity contribution in [2.24, 2.45) is 7.05 Å². The Morgan fingerprint density at radius 2 is 2.00 bits per heavy atom. The Hall–Kier alpha value is -2.34. The summed E-state index contributed by atoms with van der Waals surface area (Å²) in [5.41, 5.74) is 1.73. The van der Waals surface area contributed by atoms with E-state index in [0.29, 0.717) is 18.8 Å². The molecule has 0 bridgehead atoms. The van der Waals surface area contributed by atoms with E-state index in [2.05, 4.69) is 23.1 Å². The molecule has 1 amide bonds. The van der Waals surface area contributed by atoms with E-state index in [0.717, 1.165) is 17.9 Å². The fraction of sp³-hybridized carbons (Fsp3) is 0.412. The molecule has 0 N–H and O–H groups in total. The summed E-state index contributed by atoms with van der Waals surface area (Å²) in [7, 11) is 5.56. The number of hydrogen-bond donors (Lipinski definition) is 0. The van der Waals surface area contributed by atoms with Gasteiger partial charge < -0.3 is 9.64 Å². The maximum absolute atomic E-state index is 12.7. The predicted octanol–water partition coefficient (Wildman–Crippen LogP) is 1.56. The third kappa shape index (κ3) is 2.94. The molecule has 1 saturated heterocycles. The van der Waals surface area contributed by atoms with Crippen molar-refractivity contribution in [3.8, 4) is 5.75 Å². The van der Waals surface area contributed by atoms with Gasteiger partial charge in [-0.15, -0.1) is 0 Å². The van der Waals surface area contributed by atoms with Crippen molar-refractivity contribution in [3.63, 3.8) is 0 Å². The lowest BCUT2D eigenvalue weighted by Gasteiger charge is -2.40. The molecule has 0 unspecified atom stereocenters. The molecule has 23 heavy (non-hydrogen) atoms. The van der Waals surface area contributed by atoms with Gasteiger partial charge in [0.05, 0.1) is 13.2 Å². The van der Waals surface area contributed by atoms with Crippen molar-refractivity contribution in [2.75, 3.05) is 33.8 Å². The molecule has 0 saturated carbocycles. The number of rotatable bonds is 3. The van der Waals surface area contributed by atoms with Gasteiger partial charge in [-0.1, -0.05) is 18.2 Å². The standard InChI is InChI=1S/C17H22N4O2/c1-19-10-11-21(17(22)14-8-9-18-20(14)2)12-15(19)13-6-4-5-7-16(13)23-3/h4-9,15H,10-12H2,1-3H3/t15-/m0/s1. The van der Waals surface area contributed by atoms with Crippen molar-refractivity contribution in [2.45, 2.75) is 6.04 Å². The largest absolute Gasteiger partial charge is 0.496 e. The minimum atomic E-state index is 0.0259. The van der Waals surface area contributed by atoms with Crippen molar-refractivity contribution in [1.82, 2.24) is 19.6 Å². The monoisotopic (exact) mass is 314 g/mol. The van der Waals surface area contributed by atoms with Gasteiger partial charge >= 0.3 is 0 Å². The normalized spacial score (nSPS) is 18.9. The molecule has 2 aromatic rings. The molecule has 0 radical (unpaired) electrons. The van der Waals surface area contributed by atoms with Crippen LogP contribution < -0.4 is 4.74 Å². The number of likely N-dealkylation sites (N-methyl/N-ethyl adjacent to an activating group) is 1.